The van der Waals surface area contributed by atoms with Gasteiger partial charge in [-0.15, -0.1) is 0 Å². The predicted molar refractivity (Wildman–Crippen MR) is 105 cm³/mol. The first-order chi connectivity index (χ1) is 13.5. The van der Waals surface area contributed by atoms with Crippen molar-refractivity contribution >= 4 is 17.5 Å². The highest BCUT2D eigenvalue weighted by Gasteiger charge is 2.40. The first-order valence-corrected chi connectivity index (χ1v) is 10.3. The van der Waals surface area contributed by atoms with E-state index < -0.39 is 17.3 Å². The van der Waals surface area contributed by atoms with Gasteiger partial charge < -0.3 is 10.1 Å². The molecule has 7 heteroatoms. The van der Waals surface area contributed by atoms with Crippen molar-refractivity contribution in [1.82, 2.24) is 10.2 Å². The van der Waals surface area contributed by atoms with E-state index in [2.05, 4.69) is 16.3 Å². The van der Waals surface area contributed by atoms with E-state index in [0.717, 1.165) is 19.3 Å². The number of nitrogens with zero attached hydrogens (tertiary/aromatic N) is 2. The van der Waals surface area contributed by atoms with E-state index in [9.17, 15) is 14.4 Å². The van der Waals surface area contributed by atoms with Crippen LogP contribution in [0.3, 0.4) is 0 Å². The van der Waals surface area contributed by atoms with E-state index in [0.29, 0.717) is 43.1 Å². The number of nitrogens with one attached hydrogen (secondary N) is 1. The molecule has 1 aromatic carbocycles. The minimum absolute atomic E-state index is 0.0151. The molecule has 0 spiro atoms. The Hall–Kier alpha value is -1.68. The Bertz CT molecular complexity index is 725. The third-order valence-electron chi connectivity index (χ3n) is 5.86. The number of hydrogen-bond donors (Lipinski definition) is 1. The molecule has 152 valence electrons. The molecule has 1 amide bonds. The second-order valence-electron chi connectivity index (χ2n) is 7.79. The van der Waals surface area contributed by atoms with Crippen molar-refractivity contribution in [1.29, 1.82) is 5.26 Å². The average Bonchev–Trinajstić information content (AvgIpc) is 2.70. The van der Waals surface area contributed by atoms with Crippen LogP contribution >= 0.6 is 11.6 Å². The molecule has 2 aliphatic rings. The normalized spacial score (nSPS) is 23.6. The maximum atomic E-state index is 14.7. The minimum atomic E-state index is -0.972. The van der Waals surface area contributed by atoms with Crippen LogP contribution in [0.4, 0.5) is 4.39 Å². The molecule has 2 fully saturated rings. The smallest absolute Gasteiger partial charge is 0.240 e. The second-order valence-corrected chi connectivity index (χ2v) is 8.20. The number of amides is 1. The largest absolute Gasteiger partial charge is 0.376 e. The second kappa shape index (κ2) is 9.21. The lowest BCUT2D eigenvalue weighted by molar-refractivity contribution is -0.130. The first-order valence-electron chi connectivity index (χ1n) is 9.96. The van der Waals surface area contributed by atoms with Crippen LogP contribution in [0.25, 0.3) is 0 Å². The van der Waals surface area contributed by atoms with Gasteiger partial charge in [-0.05, 0) is 31.9 Å². The van der Waals surface area contributed by atoms with Crippen LogP contribution in [0.1, 0.15) is 50.6 Å². The zero-order chi connectivity index (χ0) is 20.1. The zero-order valence-electron chi connectivity index (χ0n) is 16.2. The third-order valence-corrected chi connectivity index (χ3v) is 6.19. The number of carbonyl (C=O) groups excluding carboxylic acids is 1. The quantitative estimate of drug-likeness (QED) is 0.805. The molecule has 0 radical (unpaired) electrons. The molecule has 0 bridgehead atoms. The van der Waals surface area contributed by atoms with Gasteiger partial charge in [0.2, 0.25) is 5.91 Å². The molecule has 28 heavy (non-hydrogen) atoms. The standard InChI is InChI=1S/C21H27ClFN3O2/c1-15-13-26(10-11-28-15)18(19-16(22)6-5-7-17(19)23)12-25-20(27)21(14-24)8-3-2-4-9-21/h5-7,15,18H,2-4,8-13H2,1H3,(H,25,27). The summed E-state index contributed by atoms with van der Waals surface area (Å²) in [6.07, 6.45) is 3.98. The lowest BCUT2D eigenvalue weighted by Crippen LogP contribution is -2.49. The molecule has 2 unspecified atom stereocenters. The van der Waals surface area contributed by atoms with Crippen molar-refractivity contribution in [2.45, 2.75) is 51.2 Å². The summed E-state index contributed by atoms with van der Waals surface area (Å²) in [5.74, 6) is -0.646. The number of halogens is 2. The van der Waals surface area contributed by atoms with Gasteiger partial charge >= 0.3 is 0 Å². The van der Waals surface area contributed by atoms with Crippen molar-refractivity contribution in [3.8, 4) is 6.07 Å². The molecular formula is C21H27ClFN3O2. The molecule has 2 atom stereocenters. The lowest BCUT2D eigenvalue weighted by atomic mass is 9.74. The SMILES string of the molecule is CC1CN(C(CNC(=O)C2(C#N)CCCCC2)c2c(F)cccc2Cl)CCO1. The summed E-state index contributed by atoms with van der Waals surface area (Å²) in [5.41, 5.74) is -0.589. The fourth-order valence-electron chi connectivity index (χ4n) is 4.27. The molecule has 1 heterocycles. The van der Waals surface area contributed by atoms with E-state index in [1.165, 1.54) is 6.07 Å². The van der Waals surface area contributed by atoms with Gasteiger partial charge in [-0.25, -0.2) is 4.39 Å². The minimum Gasteiger partial charge on any atom is -0.376 e. The maximum Gasteiger partial charge on any atom is 0.240 e. The summed E-state index contributed by atoms with van der Waals surface area (Å²) in [7, 11) is 0. The van der Waals surface area contributed by atoms with Gasteiger partial charge in [0, 0.05) is 30.2 Å². The molecule has 1 saturated carbocycles. The monoisotopic (exact) mass is 407 g/mol. The summed E-state index contributed by atoms with van der Waals surface area (Å²) < 4.78 is 20.3. The molecule has 1 aliphatic carbocycles. The van der Waals surface area contributed by atoms with Crippen LogP contribution in [-0.4, -0.2) is 43.2 Å². The van der Waals surface area contributed by atoms with Crippen LogP contribution in [0.15, 0.2) is 18.2 Å². The third kappa shape index (κ3) is 4.48. The Morgan fingerprint density at radius 2 is 2.21 bits per heavy atom. The lowest BCUT2D eigenvalue weighted by Gasteiger charge is -2.38. The Morgan fingerprint density at radius 3 is 2.86 bits per heavy atom. The fourth-order valence-corrected chi connectivity index (χ4v) is 4.56. The van der Waals surface area contributed by atoms with E-state index in [1.807, 2.05) is 6.92 Å². The van der Waals surface area contributed by atoms with Crippen molar-refractivity contribution in [2.75, 3.05) is 26.2 Å². The van der Waals surface area contributed by atoms with E-state index in [-0.39, 0.29) is 18.6 Å². The topological polar surface area (TPSA) is 65.4 Å². The number of morpholine rings is 1. The van der Waals surface area contributed by atoms with E-state index >= 15 is 0 Å². The van der Waals surface area contributed by atoms with E-state index in [1.54, 1.807) is 12.1 Å². The van der Waals surface area contributed by atoms with Gasteiger partial charge in [-0.3, -0.25) is 9.69 Å². The zero-order valence-corrected chi connectivity index (χ0v) is 17.0. The number of rotatable bonds is 5. The van der Waals surface area contributed by atoms with Gasteiger partial charge in [0.05, 0.1) is 24.8 Å². The molecule has 1 saturated heterocycles. The number of ether oxygens (including phenoxy) is 1. The molecular weight excluding hydrogens is 381 g/mol. The van der Waals surface area contributed by atoms with Crippen molar-refractivity contribution in [2.24, 2.45) is 5.41 Å². The first kappa shape index (κ1) is 21.0. The Morgan fingerprint density at radius 1 is 1.46 bits per heavy atom. The van der Waals surface area contributed by atoms with Crippen LogP contribution < -0.4 is 5.32 Å². The number of benzene rings is 1. The van der Waals surface area contributed by atoms with Gasteiger partial charge in [-0.1, -0.05) is 36.9 Å². The van der Waals surface area contributed by atoms with Crippen LogP contribution in [0, 0.1) is 22.6 Å². The summed E-state index contributed by atoms with van der Waals surface area (Å²) in [5, 5.41) is 12.9. The van der Waals surface area contributed by atoms with Crippen LogP contribution in [0.5, 0.6) is 0 Å². The molecule has 3 rings (SSSR count). The molecule has 1 aliphatic heterocycles. The van der Waals surface area contributed by atoms with Gasteiger partial charge in [0.15, 0.2) is 0 Å². The van der Waals surface area contributed by atoms with Crippen LogP contribution in [-0.2, 0) is 9.53 Å². The van der Waals surface area contributed by atoms with Crippen molar-refractivity contribution < 1.29 is 13.9 Å². The van der Waals surface area contributed by atoms with Crippen molar-refractivity contribution in [3.05, 3.63) is 34.6 Å². The molecule has 5 nitrogen and oxygen atoms in total. The van der Waals surface area contributed by atoms with E-state index in [4.69, 9.17) is 16.3 Å². The van der Waals surface area contributed by atoms with Crippen LogP contribution in [0.2, 0.25) is 5.02 Å². The Kier molecular flexibility index (Phi) is 6.92. The summed E-state index contributed by atoms with van der Waals surface area (Å²) in [6.45, 7) is 3.96. The number of carbonyl (C=O) groups is 1. The van der Waals surface area contributed by atoms with Gasteiger partial charge in [0.1, 0.15) is 11.2 Å². The van der Waals surface area contributed by atoms with Gasteiger partial charge in [-0.2, -0.15) is 5.26 Å². The molecule has 0 aromatic heterocycles. The Balaban J connectivity index is 1.81. The summed E-state index contributed by atoms with van der Waals surface area (Å²) >= 11 is 6.34. The number of hydrogen-bond acceptors (Lipinski definition) is 4. The summed E-state index contributed by atoms with van der Waals surface area (Å²) in [4.78, 5) is 15.0. The highest BCUT2D eigenvalue weighted by Crippen LogP contribution is 2.36. The highest BCUT2D eigenvalue weighted by atomic mass is 35.5. The predicted octanol–water partition coefficient (Wildman–Crippen LogP) is 3.83. The summed E-state index contributed by atoms with van der Waals surface area (Å²) in [6, 6.07) is 6.46. The number of nitriles is 1. The molecule has 1 N–H and O–H groups in total. The van der Waals surface area contributed by atoms with Gasteiger partial charge in [0.25, 0.3) is 0 Å². The fraction of sp³-hybridized carbons (Fsp3) is 0.619. The Labute approximate surface area is 170 Å². The van der Waals surface area contributed by atoms with Crippen molar-refractivity contribution in [3.63, 3.8) is 0 Å². The highest BCUT2D eigenvalue weighted by molar-refractivity contribution is 6.31. The maximum absolute atomic E-state index is 14.7. The molecule has 1 aromatic rings. The average molecular weight is 408 g/mol.